The van der Waals surface area contributed by atoms with E-state index in [0.717, 1.165) is 16.5 Å². The van der Waals surface area contributed by atoms with E-state index in [9.17, 15) is 14.0 Å². The van der Waals surface area contributed by atoms with Crippen molar-refractivity contribution >= 4 is 28.8 Å². The number of hydrogen-bond acceptors (Lipinski definition) is 2. The van der Waals surface area contributed by atoms with Crippen LogP contribution in [0.25, 0.3) is 17.0 Å². The molecule has 1 aliphatic rings. The molecular formula is C23H22FN3O2. The number of aromatic amines is 1. The van der Waals surface area contributed by atoms with Gasteiger partial charge in [-0.15, -0.1) is 0 Å². The first kappa shape index (κ1) is 18.9. The molecular weight excluding hydrogens is 369 g/mol. The Morgan fingerprint density at radius 1 is 1.00 bits per heavy atom. The van der Waals surface area contributed by atoms with Gasteiger partial charge in [0.15, 0.2) is 0 Å². The van der Waals surface area contributed by atoms with E-state index in [1.807, 2.05) is 35.4 Å². The molecule has 0 unspecified atom stereocenters. The first-order valence-electron chi connectivity index (χ1n) is 9.65. The van der Waals surface area contributed by atoms with E-state index in [0.29, 0.717) is 38.2 Å². The van der Waals surface area contributed by atoms with E-state index in [4.69, 9.17) is 0 Å². The minimum absolute atomic E-state index is 0.0668. The molecule has 29 heavy (non-hydrogen) atoms. The lowest BCUT2D eigenvalue weighted by molar-refractivity contribution is -0.136. The van der Waals surface area contributed by atoms with Gasteiger partial charge in [0.05, 0.1) is 6.42 Å². The number of carbonyl (C=O) groups excluding carboxylic acids is 2. The van der Waals surface area contributed by atoms with Crippen LogP contribution in [-0.4, -0.2) is 52.8 Å². The number of benzene rings is 2. The van der Waals surface area contributed by atoms with Gasteiger partial charge >= 0.3 is 0 Å². The fraction of sp³-hybridized carbons (Fsp3) is 0.217. The maximum Gasteiger partial charge on any atom is 0.246 e. The average molecular weight is 391 g/mol. The second kappa shape index (κ2) is 8.31. The predicted molar refractivity (Wildman–Crippen MR) is 111 cm³/mol. The molecule has 0 radical (unpaired) electrons. The zero-order valence-corrected chi connectivity index (χ0v) is 16.0. The number of aromatic nitrogens is 1. The van der Waals surface area contributed by atoms with Crippen molar-refractivity contribution in [1.82, 2.24) is 14.8 Å². The molecule has 1 fully saturated rings. The minimum Gasteiger partial charge on any atom is -0.361 e. The van der Waals surface area contributed by atoms with Gasteiger partial charge in [-0.1, -0.05) is 30.3 Å². The second-order valence-electron chi connectivity index (χ2n) is 7.13. The highest BCUT2D eigenvalue weighted by atomic mass is 19.1. The van der Waals surface area contributed by atoms with E-state index in [-0.39, 0.29) is 17.6 Å². The van der Waals surface area contributed by atoms with Gasteiger partial charge in [-0.25, -0.2) is 4.39 Å². The van der Waals surface area contributed by atoms with Crippen LogP contribution in [0.15, 0.2) is 60.8 Å². The van der Waals surface area contributed by atoms with Gasteiger partial charge in [0.25, 0.3) is 0 Å². The number of piperazine rings is 1. The molecule has 6 heteroatoms. The van der Waals surface area contributed by atoms with Crippen molar-refractivity contribution in [2.45, 2.75) is 6.42 Å². The van der Waals surface area contributed by atoms with Crippen molar-refractivity contribution in [3.63, 3.8) is 0 Å². The van der Waals surface area contributed by atoms with Crippen LogP contribution in [0.3, 0.4) is 0 Å². The molecule has 0 bridgehead atoms. The summed E-state index contributed by atoms with van der Waals surface area (Å²) in [6.45, 7) is 2.01. The van der Waals surface area contributed by atoms with Gasteiger partial charge < -0.3 is 14.8 Å². The van der Waals surface area contributed by atoms with Crippen molar-refractivity contribution in [3.05, 3.63) is 77.7 Å². The Hall–Kier alpha value is -3.41. The number of hydrogen-bond donors (Lipinski definition) is 1. The number of nitrogens with one attached hydrogen (secondary N) is 1. The van der Waals surface area contributed by atoms with E-state index in [2.05, 4.69) is 4.98 Å². The van der Waals surface area contributed by atoms with Crippen LogP contribution in [0.5, 0.6) is 0 Å². The Morgan fingerprint density at radius 3 is 2.55 bits per heavy atom. The molecule has 1 saturated heterocycles. The van der Waals surface area contributed by atoms with Gasteiger partial charge in [0, 0.05) is 49.4 Å². The number of para-hydroxylation sites is 1. The molecule has 1 aromatic heterocycles. The number of halogens is 1. The molecule has 1 N–H and O–H groups in total. The maximum atomic E-state index is 13.2. The Kier molecular flexibility index (Phi) is 5.42. The van der Waals surface area contributed by atoms with Crippen LogP contribution in [0.2, 0.25) is 0 Å². The SMILES string of the molecule is O=C(/C=C/c1cccc(F)c1)N1CCN(C(=O)Cc2c[nH]c3ccccc23)CC1. The number of rotatable bonds is 4. The molecule has 0 aliphatic carbocycles. The largest absolute Gasteiger partial charge is 0.361 e. The van der Waals surface area contributed by atoms with E-state index in [1.54, 1.807) is 23.1 Å². The number of nitrogens with zero attached hydrogens (tertiary/aromatic N) is 2. The summed E-state index contributed by atoms with van der Waals surface area (Å²) >= 11 is 0. The molecule has 0 atom stereocenters. The van der Waals surface area contributed by atoms with Crippen LogP contribution in [0, 0.1) is 5.82 Å². The number of H-pyrrole nitrogens is 1. The third-order valence-electron chi connectivity index (χ3n) is 5.23. The lowest BCUT2D eigenvalue weighted by Gasteiger charge is -2.34. The summed E-state index contributed by atoms with van der Waals surface area (Å²) in [5.41, 5.74) is 2.66. The number of carbonyl (C=O) groups is 2. The maximum absolute atomic E-state index is 13.2. The van der Waals surface area contributed by atoms with Crippen LogP contribution < -0.4 is 0 Å². The van der Waals surface area contributed by atoms with Crippen molar-refractivity contribution in [2.75, 3.05) is 26.2 Å². The molecule has 4 rings (SSSR count). The summed E-state index contributed by atoms with van der Waals surface area (Å²) in [6, 6.07) is 14.0. The molecule has 0 saturated carbocycles. The lowest BCUT2D eigenvalue weighted by atomic mass is 10.1. The second-order valence-corrected chi connectivity index (χ2v) is 7.13. The third-order valence-corrected chi connectivity index (χ3v) is 5.23. The van der Waals surface area contributed by atoms with Crippen molar-refractivity contribution in [3.8, 4) is 0 Å². The highest BCUT2D eigenvalue weighted by molar-refractivity contribution is 5.92. The van der Waals surface area contributed by atoms with Crippen LogP contribution in [0.1, 0.15) is 11.1 Å². The summed E-state index contributed by atoms with van der Waals surface area (Å²) in [7, 11) is 0. The molecule has 3 aromatic rings. The first-order chi connectivity index (χ1) is 14.1. The number of fused-ring (bicyclic) bond motifs is 1. The molecule has 0 spiro atoms. The zero-order valence-electron chi connectivity index (χ0n) is 16.0. The standard InChI is InChI=1S/C23H22FN3O2/c24-19-5-3-4-17(14-19)8-9-22(28)26-10-12-27(13-11-26)23(29)15-18-16-25-21-7-2-1-6-20(18)21/h1-9,14,16,25H,10-13,15H2/b9-8+. The van der Waals surface area contributed by atoms with Gasteiger partial charge in [-0.3, -0.25) is 9.59 Å². The Morgan fingerprint density at radius 2 is 1.76 bits per heavy atom. The Bertz CT molecular complexity index is 1060. The van der Waals surface area contributed by atoms with Crippen LogP contribution in [-0.2, 0) is 16.0 Å². The van der Waals surface area contributed by atoms with E-state index >= 15 is 0 Å². The highest BCUT2D eigenvalue weighted by Crippen LogP contribution is 2.19. The van der Waals surface area contributed by atoms with Crippen molar-refractivity contribution in [2.24, 2.45) is 0 Å². The highest BCUT2D eigenvalue weighted by Gasteiger charge is 2.23. The summed E-state index contributed by atoms with van der Waals surface area (Å²) in [5.74, 6) is -0.392. The zero-order chi connectivity index (χ0) is 20.2. The van der Waals surface area contributed by atoms with Gasteiger partial charge in [-0.2, -0.15) is 0 Å². The van der Waals surface area contributed by atoms with Gasteiger partial charge in [0.2, 0.25) is 11.8 Å². The normalized spacial score (nSPS) is 14.7. The van der Waals surface area contributed by atoms with Gasteiger partial charge in [0.1, 0.15) is 5.82 Å². The Labute approximate surface area is 168 Å². The third kappa shape index (κ3) is 4.37. The average Bonchev–Trinajstić information content (AvgIpc) is 3.15. The summed E-state index contributed by atoms with van der Waals surface area (Å²) in [5, 5.41) is 1.07. The fourth-order valence-electron chi connectivity index (χ4n) is 3.61. The first-order valence-corrected chi connectivity index (χ1v) is 9.65. The quantitative estimate of drug-likeness (QED) is 0.695. The predicted octanol–water partition coefficient (Wildman–Crippen LogP) is 3.23. The van der Waals surface area contributed by atoms with Gasteiger partial charge in [-0.05, 0) is 35.4 Å². The smallest absolute Gasteiger partial charge is 0.246 e. The number of amides is 2. The summed E-state index contributed by atoms with van der Waals surface area (Å²) in [4.78, 5) is 31.8. The molecule has 5 nitrogen and oxygen atoms in total. The lowest BCUT2D eigenvalue weighted by Crippen LogP contribution is -2.50. The molecule has 2 heterocycles. The summed E-state index contributed by atoms with van der Waals surface area (Å²) < 4.78 is 13.2. The minimum atomic E-state index is -0.332. The molecule has 148 valence electrons. The monoisotopic (exact) mass is 391 g/mol. The van der Waals surface area contributed by atoms with E-state index in [1.165, 1.54) is 18.2 Å². The van der Waals surface area contributed by atoms with Crippen LogP contribution >= 0.6 is 0 Å². The van der Waals surface area contributed by atoms with Crippen molar-refractivity contribution < 1.29 is 14.0 Å². The molecule has 2 aromatic carbocycles. The van der Waals surface area contributed by atoms with Crippen molar-refractivity contribution in [1.29, 1.82) is 0 Å². The Balaban J connectivity index is 1.31. The molecule has 1 aliphatic heterocycles. The topological polar surface area (TPSA) is 56.4 Å². The molecule has 2 amide bonds. The van der Waals surface area contributed by atoms with E-state index < -0.39 is 0 Å². The fourth-order valence-corrected chi connectivity index (χ4v) is 3.61. The summed E-state index contributed by atoms with van der Waals surface area (Å²) in [6.07, 6.45) is 5.30. The van der Waals surface area contributed by atoms with Crippen LogP contribution in [0.4, 0.5) is 4.39 Å².